The summed E-state index contributed by atoms with van der Waals surface area (Å²) in [6.07, 6.45) is -1.09. The number of ether oxygens (including phenoxy) is 1. The van der Waals surface area contributed by atoms with Crippen LogP contribution in [0.3, 0.4) is 0 Å². The molecule has 2 aromatic carbocycles. The zero-order valence-electron chi connectivity index (χ0n) is 13.8. The van der Waals surface area contributed by atoms with E-state index in [9.17, 15) is 13.6 Å². The molecule has 1 aliphatic carbocycles. The van der Waals surface area contributed by atoms with E-state index in [0.717, 1.165) is 22.3 Å². The third kappa shape index (κ3) is 2.99. The third-order valence-electron chi connectivity index (χ3n) is 5.09. The van der Waals surface area contributed by atoms with E-state index in [1.54, 1.807) is 0 Å². The lowest BCUT2D eigenvalue weighted by Gasteiger charge is -2.31. The average molecular weight is 343 g/mol. The number of piperidine rings is 1. The minimum absolute atomic E-state index is 0.0115. The number of fused-ring (bicyclic) bond motifs is 3. The number of carbonyl (C=O) groups is 1. The van der Waals surface area contributed by atoms with Crippen LogP contribution in [-0.4, -0.2) is 36.6 Å². The summed E-state index contributed by atoms with van der Waals surface area (Å²) in [7, 11) is 0. The maximum Gasteiger partial charge on any atom is 0.409 e. The smallest absolute Gasteiger partial charge is 0.409 e. The second-order valence-corrected chi connectivity index (χ2v) is 6.65. The van der Waals surface area contributed by atoms with Crippen molar-refractivity contribution in [2.24, 2.45) is 0 Å². The fourth-order valence-corrected chi connectivity index (χ4v) is 3.70. The number of benzene rings is 2. The molecule has 1 heterocycles. The van der Waals surface area contributed by atoms with Crippen molar-refractivity contribution in [3.05, 3.63) is 59.7 Å². The summed E-state index contributed by atoms with van der Waals surface area (Å²) in [5, 5.41) is 0. The molecule has 2 aromatic rings. The van der Waals surface area contributed by atoms with Gasteiger partial charge in [-0.15, -0.1) is 0 Å². The van der Waals surface area contributed by atoms with E-state index in [-0.39, 0.29) is 38.5 Å². The highest BCUT2D eigenvalue weighted by molar-refractivity contribution is 5.79. The lowest BCUT2D eigenvalue weighted by molar-refractivity contribution is -0.0526. The Kier molecular flexibility index (Phi) is 3.94. The standard InChI is InChI=1S/C20H19F2NO2/c21-20(22)9-11-23(12-10-20)19(24)25-13-18-16-7-3-1-5-14(16)15-6-2-4-8-17(15)18/h1-8,18H,9-13H2. The van der Waals surface area contributed by atoms with Crippen molar-refractivity contribution in [2.45, 2.75) is 24.7 Å². The number of alkyl halides is 2. The molecule has 0 atom stereocenters. The lowest BCUT2D eigenvalue weighted by Crippen LogP contribution is -2.43. The van der Waals surface area contributed by atoms with Crippen molar-refractivity contribution in [1.29, 1.82) is 0 Å². The molecule has 0 aromatic heterocycles. The summed E-state index contributed by atoms with van der Waals surface area (Å²) in [6, 6.07) is 16.2. The van der Waals surface area contributed by atoms with Gasteiger partial charge in [-0.1, -0.05) is 48.5 Å². The third-order valence-corrected chi connectivity index (χ3v) is 5.09. The van der Waals surface area contributed by atoms with Crippen molar-refractivity contribution >= 4 is 6.09 Å². The van der Waals surface area contributed by atoms with E-state index < -0.39 is 12.0 Å². The first kappa shape index (κ1) is 16.1. The Labute approximate surface area is 145 Å². The van der Waals surface area contributed by atoms with Crippen molar-refractivity contribution in [3.8, 4) is 11.1 Å². The SMILES string of the molecule is O=C(OCC1c2ccccc2-c2ccccc21)N1CCC(F)(F)CC1. The van der Waals surface area contributed by atoms with Crippen LogP contribution >= 0.6 is 0 Å². The number of amides is 1. The highest BCUT2D eigenvalue weighted by Gasteiger charge is 2.36. The van der Waals surface area contributed by atoms with Gasteiger partial charge in [0.15, 0.2) is 0 Å². The maximum atomic E-state index is 13.2. The lowest BCUT2D eigenvalue weighted by atomic mass is 9.98. The molecule has 1 fully saturated rings. The molecule has 0 spiro atoms. The normalized spacial score (nSPS) is 18.6. The van der Waals surface area contributed by atoms with Crippen molar-refractivity contribution < 1.29 is 18.3 Å². The molecule has 4 rings (SSSR count). The largest absolute Gasteiger partial charge is 0.448 e. The van der Waals surface area contributed by atoms with Crippen molar-refractivity contribution in [2.75, 3.05) is 19.7 Å². The molecule has 25 heavy (non-hydrogen) atoms. The molecule has 5 heteroatoms. The predicted octanol–water partition coefficient (Wildman–Crippen LogP) is 4.67. The molecule has 0 bridgehead atoms. The number of halogens is 2. The van der Waals surface area contributed by atoms with Crippen LogP contribution in [0.1, 0.15) is 29.9 Å². The van der Waals surface area contributed by atoms with Crippen molar-refractivity contribution in [3.63, 3.8) is 0 Å². The Hall–Kier alpha value is -2.43. The number of carbonyl (C=O) groups excluding carboxylic acids is 1. The van der Waals surface area contributed by atoms with Gasteiger partial charge in [0.25, 0.3) is 5.92 Å². The number of rotatable bonds is 2. The number of likely N-dealkylation sites (tertiary alicyclic amines) is 1. The predicted molar refractivity (Wildman–Crippen MR) is 90.8 cm³/mol. The van der Waals surface area contributed by atoms with Crippen LogP contribution in [0.4, 0.5) is 13.6 Å². The number of nitrogens with zero attached hydrogens (tertiary/aromatic N) is 1. The van der Waals surface area contributed by atoms with Gasteiger partial charge in [-0.25, -0.2) is 13.6 Å². The average Bonchev–Trinajstić information content (AvgIpc) is 2.94. The van der Waals surface area contributed by atoms with Gasteiger partial charge in [-0.2, -0.15) is 0 Å². The monoisotopic (exact) mass is 343 g/mol. The first-order chi connectivity index (χ1) is 12.1. The van der Waals surface area contributed by atoms with Gasteiger partial charge in [-0.05, 0) is 22.3 Å². The van der Waals surface area contributed by atoms with Gasteiger partial charge in [0.2, 0.25) is 0 Å². The highest BCUT2D eigenvalue weighted by Crippen LogP contribution is 2.44. The topological polar surface area (TPSA) is 29.5 Å². The van der Waals surface area contributed by atoms with Crippen LogP contribution in [0, 0.1) is 0 Å². The van der Waals surface area contributed by atoms with Crippen LogP contribution < -0.4 is 0 Å². The minimum atomic E-state index is -2.67. The van der Waals surface area contributed by atoms with Crippen LogP contribution in [0.5, 0.6) is 0 Å². The molecule has 3 nitrogen and oxygen atoms in total. The summed E-state index contributed by atoms with van der Waals surface area (Å²) >= 11 is 0. The van der Waals surface area contributed by atoms with E-state index in [4.69, 9.17) is 4.74 Å². The Bertz CT molecular complexity index is 750. The maximum absolute atomic E-state index is 13.2. The van der Waals surface area contributed by atoms with Gasteiger partial charge >= 0.3 is 6.09 Å². The molecule has 2 aliphatic rings. The van der Waals surface area contributed by atoms with Crippen molar-refractivity contribution in [1.82, 2.24) is 4.90 Å². The fourth-order valence-electron chi connectivity index (χ4n) is 3.70. The van der Waals surface area contributed by atoms with E-state index in [1.807, 2.05) is 24.3 Å². The molecule has 130 valence electrons. The Morgan fingerprint density at radius 1 is 1.00 bits per heavy atom. The van der Waals surface area contributed by atoms with E-state index in [0.29, 0.717) is 0 Å². The van der Waals surface area contributed by atoms with Gasteiger partial charge < -0.3 is 9.64 Å². The Morgan fingerprint density at radius 3 is 2.08 bits per heavy atom. The molecular weight excluding hydrogens is 324 g/mol. The van der Waals surface area contributed by atoms with Gasteiger partial charge in [0.05, 0.1) is 0 Å². The molecular formula is C20H19F2NO2. The van der Waals surface area contributed by atoms with E-state index >= 15 is 0 Å². The summed E-state index contributed by atoms with van der Waals surface area (Å²) in [6.45, 7) is 0.313. The Morgan fingerprint density at radius 2 is 1.52 bits per heavy atom. The van der Waals surface area contributed by atoms with Crippen LogP contribution in [-0.2, 0) is 4.74 Å². The molecule has 0 N–H and O–H groups in total. The van der Waals surface area contributed by atoms with Crippen LogP contribution in [0.2, 0.25) is 0 Å². The van der Waals surface area contributed by atoms with Crippen LogP contribution in [0.25, 0.3) is 11.1 Å². The zero-order chi connectivity index (χ0) is 17.4. The molecule has 1 aliphatic heterocycles. The quantitative estimate of drug-likeness (QED) is 0.793. The number of hydrogen-bond donors (Lipinski definition) is 0. The minimum Gasteiger partial charge on any atom is -0.448 e. The summed E-state index contributed by atoms with van der Waals surface area (Å²) in [4.78, 5) is 13.6. The summed E-state index contributed by atoms with van der Waals surface area (Å²) in [5.41, 5.74) is 4.61. The van der Waals surface area contributed by atoms with Gasteiger partial charge in [0.1, 0.15) is 6.61 Å². The van der Waals surface area contributed by atoms with Gasteiger partial charge in [0, 0.05) is 31.8 Å². The molecule has 1 amide bonds. The molecule has 0 radical (unpaired) electrons. The summed E-state index contributed by atoms with van der Waals surface area (Å²) < 4.78 is 31.9. The summed E-state index contributed by atoms with van der Waals surface area (Å²) in [5.74, 6) is -2.68. The first-order valence-corrected chi connectivity index (χ1v) is 8.53. The Balaban J connectivity index is 1.47. The van der Waals surface area contributed by atoms with Crippen LogP contribution in [0.15, 0.2) is 48.5 Å². The molecule has 0 saturated carbocycles. The highest BCUT2D eigenvalue weighted by atomic mass is 19.3. The zero-order valence-corrected chi connectivity index (χ0v) is 13.8. The van der Waals surface area contributed by atoms with Gasteiger partial charge in [-0.3, -0.25) is 0 Å². The first-order valence-electron chi connectivity index (χ1n) is 8.53. The molecule has 1 saturated heterocycles. The molecule has 0 unspecified atom stereocenters. The van der Waals surface area contributed by atoms with E-state index in [2.05, 4.69) is 24.3 Å². The fraction of sp³-hybridized carbons (Fsp3) is 0.350. The number of hydrogen-bond acceptors (Lipinski definition) is 2. The van der Waals surface area contributed by atoms with E-state index in [1.165, 1.54) is 4.90 Å². The second-order valence-electron chi connectivity index (χ2n) is 6.65. The second kappa shape index (κ2) is 6.14.